The minimum absolute atomic E-state index is 0. The molecule has 0 aliphatic carbocycles. The number of piperazine rings is 2. The Balaban J connectivity index is 0.000000218. The molecule has 2 aliphatic heterocycles. The first-order valence-electron chi connectivity index (χ1n) is 22.4. The number of aliphatic hydroxyl groups is 2. The molecule has 0 bridgehead atoms. The second-order valence-corrected chi connectivity index (χ2v) is 18.0. The molecule has 0 unspecified atom stereocenters. The highest BCUT2D eigenvalue weighted by Crippen LogP contribution is 2.36. The first-order valence-corrected chi connectivity index (χ1v) is 22.4. The van der Waals surface area contributed by atoms with Crippen LogP contribution < -0.4 is 9.80 Å². The van der Waals surface area contributed by atoms with Crippen LogP contribution in [0.4, 0.5) is 20.4 Å². The number of benzene rings is 4. The first-order chi connectivity index (χ1) is 31.5. The van der Waals surface area contributed by atoms with Gasteiger partial charge in [-0.3, -0.25) is 9.59 Å². The topological polar surface area (TPSA) is 180 Å². The number of carbonyl (C=O) groups excluding carboxylic acids is 2. The molecule has 17 heteroatoms. The summed E-state index contributed by atoms with van der Waals surface area (Å²) >= 11 is 0. The number of aryl methyl sites for hydroxylation is 2. The molecule has 2 fully saturated rings. The van der Waals surface area contributed by atoms with Crippen molar-refractivity contribution in [3.63, 3.8) is 0 Å². The van der Waals surface area contributed by atoms with Gasteiger partial charge in [0.15, 0.2) is 11.6 Å². The third-order valence-electron chi connectivity index (χ3n) is 11.8. The van der Waals surface area contributed by atoms with Gasteiger partial charge in [0, 0.05) is 63.1 Å². The van der Waals surface area contributed by atoms with Crippen molar-refractivity contribution in [1.29, 1.82) is 0 Å². The zero-order valence-corrected chi connectivity index (χ0v) is 39.5. The third-order valence-corrected chi connectivity index (χ3v) is 11.8. The SMILES string of the molecule is Cc1ccc2c(N3CCN(C(=O)[C@H](O)CC(C)C)CC3)nc(-c3c(O)cccc3F)nc2c1.Cc1ccc2c(N3CCN(C(=O)[C@H](O)CC(C)C)CC3)nc(-c3c(O)cccc3F)nc2c1.Cl. The van der Waals surface area contributed by atoms with E-state index in [9.17, 15) is 38.8 Å². The number of halogens is 3. The Hall–Kier alpha value is -6.23. The summed E-state index contributed by atoms with van der Waals surface area (Å²) in [6.07, 6.45) is -1.11. The van der Waals surface area contributed by atoms with E-state index in [1.54, 1.807) is 9.80 Å². The summed E-state index contributed by atoms with van der Waals surface area (Å²) in [5.41, 5.74) is 3.25. The summed E-state index contributed by atoms with van der Waals surface area (Å²) in [5.74, 6) is -0.167. The molecule has 0 spiro atoms. The minimum atomic E-state index is -0.991. The van der Waals surface area contributed by atoms with Crippen LogP contribution in [0.25, 0.3) is 44.6 Å². The van der Waals surface area contributed by atoms with E-state index in [2.05, 4.69) is 19.9 Å². The van der Waals surface area contributed by atoms with Crippen LogP contribution in [0.5, 0.6) is 11.5 Å². The van der Waals surface area contributed by atoms with Crippen molar-refractivity contribution >= 4 is 57.7 Å². The van der Waals surface area contributed by atoms with Crippen molar-refractivity contribution in [1.82, 2.24) is 29.7 Å². The van der Waals surface area contributed by atoms with E-state index in [-0.39, 0.29) is 70.3 Å². The largest absolute Gasteiger partial charge is 0.507 e. The van der Waals surface area contributed by atoms with Gasteiger partial charge in [0.25, 0.3) is 11.8 Å². The van der Waals surface area contributed by atoms with Crippen molar-refractivity contribution < 1.29 is 38.8 Å². The molecule has 67 heavy (non-hydrogen) atoms. The number of hydrogen-bond donors (Lipinski definition) is 4. The number of carbonyl (C=O) groups is 2. The second-order valence-electron chi connectivity index (χ2n) is 18.0. The summed E-state index contributed by atoms with van der Waals surface area (Å²) in [5, 5.41) is 42.6. The molecular formula is C50H59ClF2N8O6. The van der Waals surface area contributed by atoms with Crippen LogP contribution >= 0.6 is 12.4 Å². The maximum atomic E-state index is 14.6. The van der Waals surface area contributed by atoms with Crippen LogP contribution in [0, 0.1) is 37.3 Å². The Morgan fingerprint density at radius 2 is 0.925 bits per heavy atom. The Kier molecular flexibility index (Phi) is 16.2. The predicted molar refractivity (Wildman–Crippen MR) is 258 cm³/mol. The lowest BCUT2D eigenvalue weighted by Crippen LogP contribution is -2.52. The molecule has 8 rings (SSSR count). The number of nitrogens with zero attached hydrogens (tertiary/aromatic N) is 8. The molecule has 0 radical (unpaired) electrons. The highest BCUT2D eigenvalue weighted by Gasteiger charge is 2.30. The molecule has 2 aliphatic rings. The van der Waals surface area contributed by atoms with Crippen LogP contribution in [0.2, 0.25) is 0 Å². The summed E-state index contributed by atoms with van der Waals surface area (Å²) < 4.78 is 29.1. The summed E-state index contributed by atoms with van der Waals surface area (Å²) in [6.45, 7) is 15.7. The Bertz CT molecular complexity index is 2500. The smallest absolute Gasteiger partial charge is 0.251 e. The van der Waals surface area contributed by atoms with E-state index in [1.165, 1.54) is 36.4 Å². The lowest BCUT2D eigenvalue weighted by molar-refractivity contribution is -0.141. The van der Waals surface area contributed by atoms with Gasteiger partial charge in [-0.25, -0.2) is 28.7 Å². The number of fused-ring (bicyclic) bond motifs is 2. The number of phenols is 2. The van der Waals surface area contributed by atoms with Gasteiger partial charge in [-0.05, 0) is 98.2 Å². The first kappa shape index (κ1) is 50.2. The van der Waals surface area contributed by atoms with E-state index in [1.807, 2.05) is 87.7 Å². The molecule has 4 aromatic carbocycles. The summed E-state index contributed by atoms with van der Waals surface area (Å²) in [7, 11) is 0. The summed E-state index contributed by atoms with van der Waals surface area (Å²) in [6, 6.07) is 19.9. The average molecular weight is 942 g/mol. The molecule has 4 N–H and O–H groups in total. The van der Waals surface area contributed by atoms with Crippen molar-refractivity contribution in [2.75, 3.05) is 62.2 Å². The van der Waals surface area contributed by atoms with E-state index >= 15 is 0 Å². The van der Waals surface area contributed by atoms with E-state index in [0.717, 1.165) is 21.9 Å². The number of aromatic hydroxyl groups is 2. The fraction of sp³-hybridized carbons (Fsp3) is 0.400. The van der Waals surface area contributed by atoms with Gasteiger partial charge >= 0.3 is 0 Å². The maximum Gasteiger partial charge on any atom is 0.251 e. The van der Waals surface area contributed by atoms with Gasteiger partial charge in [-0.1, -0.05) is 52.0 Å². The monoisotopic (exact) mass is 940 g/mol. The maximum absolute atomic E-state index is 14.6. The Labute approximate surface area is 395 Å². The number of phenolic OH excluding ortho intramolecular Hbond substituents is 2. The molecule has 356 valence electrons. The number of aliphatic hydroxyl groups excluding tert-OH is 2. The van der Waals surface area contributed by atoms with Gasteiger partial charge in [0.2, 0.25) is 0 Å². The second kappa shape index (κ2) is 21.6. The van der Waals surface area contributed by atoms with Crippen molar-refractivity contribution in [2.45, 2.75) is 66.6 Å². The van der Waals surface area contributed by atoms with E-state index in [4.69, 9.17) is 0 Å². The third kappa shape index (κ3) is 11.5. The normalized spacial score (nSPS) is 15.1. The molecule has 2 saturated heterocycles. The molecule has 14 nitrogen and oxygen atoms in total. The Morgan fingerprint density at radius 1 is 0.567 bits per heavy atom. The van der Waals surface area contributed by atoms with Gasteiger partial charge in [-0.15, -0.1) is 12.4 Å². The number of aromatic nitrogens is 4. The lowest BCUT2D eigenvalue weighted by atomic mass is 10.0. The quantitative estimate of drug-likeness (QED) is 0.107. The van der Waals surface area contributed by atoms with Crippen LogP contribution in [0.3, 0.4) is 0 Å². The van der Waals surface area contributed by atoms with Gasteiger partial charge in [0.1, 0.15) is 47.0 Å². The van der Waals surface area contributed by atoms with Crippen LogP contribution in [-0.4, -0.2) is 127 Å². The van der Waals surface area contributed by atoms with E-state index < -0.39 is 23.8 Å². The number of hydrogen-bond acceptors (Lipinski definition) is 12. The molecule has 4 heterocycles. The standard InChI is InChI=1S/2C25H29FN4O3.ClH/c2*1-15(2)13-21(32)25(33)30-11-9-29(10-12-30)24-17-8-7-16(3)14-19(17)27-23(28-24)22-18(26)5-4-6-20(22)31;/h2*4-8,14-15,21,31-32H,9-13H2,1-3H3;1H/t2*21-;/m11./s1. The Morgan fingerprint density at radius 3 is 1.25 bits per heavy atom. The molecule has 2 amide bonds. The van der Waals surface area contributed by atoms with Crippen molar-refractivity contribution in [3.8, 4) is 34.3 Å². The van der Waals surface area contributed by atoms with Gasteiger partial charge in [0.05, 0.1) is 22.2 Å². The molecule has 2 atom stereocenters. The molecular weight excluding hydrogens is 882 g/mol. The van der Waals surface area contributed by atoms with Crippen LogP contribution in [-0.2, 0) is 9.59 Å². The highest BCUT2D eigenvalue weighted by atomic mass is 35.5. The number of amides is 2. The molecule has 2 aromatic heterocycles. The predicted octanol–water partition coefficient (Wildman–Crippen LogP) is 7.43. The fourth-order valence-electron chi connectivity index (χ4n) is 8.41. The zero-order valence-electron chi connectivity index (χ0n) is 38.7. The summed E-state index contributed by atoms with van der Waals surface area (Å²) in [4.78, 5) is 51.0. The van der Waals surface area contributed by atoms with Gasteiger partial charge < -0.3 is 40.0 Å². The van der Waals surface area contributed by atoms with Crippen molar-refractivity contribution in [3.05, 3.63) is 95.6 Å². The fourth-order valence-corrected chi connectivity index (χ4v) is 8.41. The van der Waals surface area contributed by atoms with Crippen molar-refractivity contribution in [2.24, 2.45) is 11.8 Å². The number of rotatable bonds is 10. The average Bonchev–Trinajstić information content (AvgIpc) is 3.27. The van der Waals surface area contributed by atoms with Crippen LogP contribution in [0.1, 0.15) is 51.7 Å². The minimum Gasteiger partial charge on any atom is -0.507 e. The van der Waals surface area contributed by atoms with E-state index in [0.29, 0.717) is 87.9 Å². The zero-order chi connectivity index (χ0) is 47.4. The lowest BCUT2D eigenvalue weighted by Gasteiger charge is -2.37. The number of anilines is 2. The van der Waals surface area contributed by atoms with Crippen LogP contribution in [0.15, 0.2) is 72.8 Å². The highest BCUT2D eigenvalue weighted by molar-refractivity contribution is 5.93. The molecule has 6 aromatic rings. The van der Waals surface area contributed by atoms with Gasteiger partial charge in [-0.2, -0.15) is 0 Å². The molecule has 0 saturated carbocycles.